The third-order valence-electron chi connectivity index (χ3n) is 2.88. The van der Waals surface area contributed by atoms with Crippen LogP contribution in [-0.4, -0.2) is 39.2 Å². The first-order chi connectivity index (χ1) is 10.4. The Hall–Kier alpha value is -2.83. The highest BCUT2D eigenvalue weighted by Crippen LogP contribution is 2.21. The summed E-state index contributed by atoms with van der Waals surface area (Å²) < 4.78 is 13.8. The van der Waals surface area contributed by atoms with Crippen LogP contribution >= 0.6 is 0 Å². The van der Waals surface area contributed by atoms with E-state index in [0.717, 1.165) is 6.08 Å². The molecule has 7 heteroatoms. The van der Waals surface area contributed by atoms with Crippen LogP contribution in [0.3, 0.4) is 0 Å². The van der Waals surface area contributed by atoms with E-state index in [0.29, 0.717) is 16.8 Å². The zero-order valence-corrected chi connectivity index (χ0v) is 12.8. The molecule has 0 heterocycles. The topological polar surface area (TPSA) is 90.9 Å². The van der Waals surface area contributed by atoms with Crippen LogP contribution in [0.15, 0.2) is 30.0 Å². The molecule has 0 aliphatic carbocycles. The minimum absolute atomic E-state index is 0.112. The van der Waals surface area contributed by atoms with E-state index >= 15 is 0 Å². The van der Waals surface area contributed by atoms with Gasteiger partial charge in [-0.25, -0.2) is 14.4 Å². The summed E-state index contributed by atoms with van der Waals surface area (Å²) in [6.07, 6.45) is 0.968. The summed E-state index contributed by atoms with van der Waals surface area (Å²) in [4.78, 5) is 34.7. The van der Waals surface area contributed by atoms with Gasteiger partial charge in [0.25, 0.3) is 0 Å². The van der Waals surface area contributed by atoms with Crippen molar-refractivity contribution in [3.8, 4) is 0 Å². The van der Waals surface area contributed by atoms with E-state index in [-0.39, 0.29) is 5.70 Å². The highest BCUT2D eigenvalue weighted by atomic mass is 16.5. The Morgan fingerprint density at radius 3 is 2.27 bits per heavy atom. The Morgan fingerprint density at radius 1 is 1.05 bits per heavy atom. The van der Waals surface area contributed by atoms with Crippen LogP contribution in [0.4, 0.5) is 5.69 Å². The molecule has 0 atom stereocenters. The molecule has 1 N–H and O–H groups in total. The first-order valence-electron chi connectivity index (χ1n) is 6.27. The van der Waals surface area contributed by atoms with Crippen molar-refractivity contribution in [3.05, 3.63) is 41.1 Å². The first kappa shape index (κ1) is 17.2. The third kappa shape index (κ3) is 4.08. The lowest BCUT2D eigenvalue weighted by atomic mass is 10.1. The minimum atomic E-state index is -0.742. The zero-order valence-electron chi connectivity index (χ0n) is 12.8. The summed E-state index contributed by atoms with van der Waals surface area (Å²) in [6, 6.07) is 4.86. The van der Waals surface area contributed by atoms with E-state index in [1.807, 2.05) is 0 Å². The molecule has 0 saturated heterocycles. The Labute approximate surface area is 127 Å². The SMILES string of the molecule is COC(=O)/C=C(/Nc1cccc(C(=O)OC)c1C)C(=O)OC. The van der Waals surface area contributed by atoms with Gasteiger partial charge in [0.1, 0.15) is 5.70 Å². The average molecular weight is 307 g/mol. The molecule has 0 radical (unpaired) electrons. The first-order valence-corrected chi connectivity index (χ1v) is 6.27. The minimum Gasteiger partial charge on any atom is -0.466 e. The maximum Gasteiger partial charge on any atom is 0.354 e. The van der Waals surface area contributed by atoms with Crippen LogP contribution in [0, 0.1) is 6.92 Å². The molecule has 0 aliphatic heterocycles. The fraction of sp³-hybridized carbons (Fsp3) is 0.267. The van der Waals surface area contributed by atoms with Gasteiger partial charge in [-0.3, -0.25) is 0 Å². The zero-order chi connectivity index (χ0) is 16.7. The quantitative estimate of drug-likeness (QED) is 0.500. The maximum absolute atomic E-state index is 11.7. The van der Waals surface area contributed by atoms with Crippen LogP contribution in [-0.2, 0) is 23.8 Å². The van der Waals surface area contributed by atoms with Gasteiger partial charge < -0.3 is 19.5 Å². The monoisotopic (exact) mass is 307 g/mol. The Balaban J connectivity index is 3.19. The number of anilines is 1. The molecule has 0 amide bonds. The molecule has 1 aromatic rings. The number of esters is 3. The van der Waals surface area contributed by atoms with Crippen molar-refractivity contribution < 1.29 is 28.6 Å². The molecule has 118 valence electrons. The van der Waals surface area contributed by atoms with Gasteiger partial charge in [-0.05, 0) is 24.6 Å². The Kier molecular flexibility index (Phi) is 6.12. The molecule has 0 aliphatic rings. The van der Waals surface area contributed by atoms with Crippen molar-refractivity contribution >= 4 is 23.6 Å². The lowest BCUT2D eigenvalue weighted by molar-refractivity contribution is -0.138. The van der Waals surface area contributed by atoms with E-state index < -0.39 is 17.9 Å². The number of nitrogens with one attached hydrogen (secondary N) is 1. The molecule has 0 aromatic heterocycles. The van der Waals surface area contributed by atoms with Crippen molar-refractivity contribution in [3.63, 3.8) is 0 Å². The molecule has 0 bridgehead atoms. The highest BCUT2D eigenvalue weighted by Gasteiger charge is 2.16. The lowest BCUT2D eigenvalue weighted by Gasteiger charge is -2.13. The number of methoxy groups -OCH3 is 3. The smallest absolute Gasteiger partial charge is 0.354 e. The fourth-order valence-electron chi connectivity index (χ4n) is 1.68. The third-order valence-corrected chi connectivity index (χ3v) is 2.88. The van der Waals surface area contributed by atoms with E-state index in [1.54, 1.807) is 25.1 Å². The van der Waals surface area contributed by atoms with Crippen molar-refractivity contribution in [2.75, 3.05) is 26.6 Å². The van der Waals surface area contributed by atoms with Gasteiger partial charge in [0.2, 0.25) is 0 Å². The molecule has 0 unspecified atom stereocenters. The Bertz CT molecular complexity index is 620. The number of rotatable bonds is 5. The van der Waals surface area contributed by atoms with Crippen LogP contribution < -0.4 is 5.32 Å². The molecule has 1 rings (SSSR count). The van der Waals surface area contributed by atoms with Gasteiger partial charge in [0.05, 0.1) is 33.0 Å². The predicted octanol–water partition coefficient (Wildman–Crippen LogP) is 1.42. The van der Waals surface area contributed by atoms with Gasteiger partial charge in [0, 0.05) is 5.69 Å². The molecular formula is C15H17NO6. The van der Waals surface area contributed by atoms with Crippen molar-refractivity contribution in [1.29, 1.82) is 0 Å². The standard InChI is InChI=1S/C15H17NO6/c1-9-10(14(18)21-3)6-5-7-11(9)16-12(15(19)22-4)8-13(17)20-2/h5-8,16H,1-4H3/b12-8+. The second kappa shape index (κ2) is 7.82. The van der Waals surface area contributed by atoms with Gasteiger partial charge in [0.15, 0.2) is 0 Å². The van der Waals surface area contributed by atoms with Crippen LogP contribution in [0.25, 0.3) is 0 Å². The van der Waals surface area contributed by atoms with Crippen molar-refractivity contribution in [1.82, 2.24) is 0 Å². The number of carbonyl (C=O) groups excluding carboxylic acids is 3. The summed E-state index contributed by atoms with van der Waals surface area (Å²) in [5, 5.41) is 2.76. The van der Waals surface area contributed by atoms with Gasteiger partial charge in [-0.15, -0.1) is 0 Å². The molecule has 0 fully saturated rings. The van der Waals surface area contributed by atoms with Crippen LogP contribution in [0.5, 0.6) is 0 Å². The highest BCUT2D eigenvalue weighted by molar-refractivity contribution is 5.99. The summed E-state index contributed by atoms with van der Waals surface area (Å²) >= 11 is 0. The summed E-state index contributed by atoms with van der Waals surface area (Å²) in [5.41, 5.74) is 1.26. The van der Waals surface area contributed by atoms with Crippen LogP contribution in [0.1, 0.15) is 15.9 Å². The van der Waals surface area contributed by atoms with E-state index in [9.17, 15) is 14.4 Å². The fourth-order valence-corrected chi connectivity index (χ4v) is 1.68. The van der Waals surface area contributed by atoms with Gasteiger partial charge >= 0.3 is 17.9 Å². The number of ether oxygens (including phenoxy) is 3. The summed E-state index contributed by atoms with van der Waals surface area (Å²) in [6.45, 7) is 1.68. The average Bonchev–Trinajstić information content (AvgIpc) is 2.54. The summed E-state index contributed by atoms with van der Waals surface area (Å²) in [5.74, 6) is -1.96. The number of hydrogen-bond donors (Lipinski definition) is 1. The van der Waals surface area contributed by atoms with E-state index in [4.69, 9.17) is 0 Å². The number of carbonyl (C=O) groups is 3. The second-order valence-corrected chi connectivity index (χ2v) is 4.17. The number of benzene rings is 1. The largest absolute Gasteiger partial charge is 0.466 e. The van der Waals surface area contributed by atoms with Crippen molar-refractivity contribution in [2.45, 2.75) is 6.92 Å². The van der Waals surface area contributed by atoms with E-state index in [1.165, 1.54) is 21.3 Å². The molecule has 1 aromatic carbocycles. The van der Waals surface area contributed by atoms with Crippen LogP contribution in [0.2, 0.25) is 0 Å². The maximum atomic E-state index is 11.7. The number of hydrogen-bond acceptors (Lipinski definition) is 7. The summed E-state index contributed by atoms with van der Waals surface area (Å²) in [7, 11) is 3.66. The predicted molar refractivity (Wildman–Crippen MR) is 78.3 cm³/mol. The normalized spacial score (nSPS) is 10.6. The molecular weight excluding hydrogens is 290 g/mol. The molecule has 7 nitrogen and oxygen atoms in total. The Morgan fingerprint density at radius 2 is 1.73 bits per heavy atom. The lowest BCUT2D eigenvalue weighted by Crippen LogP contribution is -2.16. The molecule has 22 heavy (non-hydrogen) atoms. The second-order valence-electron chi connectivity index (χ2n) is 4.17. The van der Waals surface area contributed by atoms with Gasteiger partial charge in [-0.2, -0.15) is 0 Å². The molecule has 0 spiro atoms. The van der Waals surface area contributed by atoms with E-state index in [2.05, 4.69) is 19.5 Å². The molecule has 0 saturated carbocycles. The van der Waals surface area contributed by atoms with Gasteiger partial charge in [-0.1, -0.05) is 6.07 Å². The van der Waals surface area contributed by atoms with Crippen molar-refractivity contribution in [2.24, 2.45) is 0 Å².